The molecule has 2 bridgehead atoms. The molecule has 4 atom stereocenters. The number of carbonyl (C=O) groups is 1. The van der Waals surface area contributed by atoms with E-state index in [1.165, 1.54) is 0 Å². The number of nitrogens with one attached hydrogen (secondary N) is 1. The number of benzene rings is 1. The summed E-state index contributed by atoms with van der Waals surface area (Å²) >= 11 is 0. The number of pyridine rings is 1. The Bertz CT molecular complexity index is 1010. The fourth-order valence-corrected chi connectivity index (χ4v) is 5.27. The molecule has 164 valence electrons. The van der Waals surface area contributed by atoms with Crippen molar-refractivity contribution in [1.82, 2.24) is 14.8 Å². The zero-order valence-electron chi connectivity index (χ0n) is 18.2. The van der Waals surface area contributed by atoms with Gasteiger partial charge in [0, 0.05) is 42.9 Å². The number of amides is 1. The Morgan fingerprint density at radius 3 is 2.61 bits per heavy atom. The zero-order valence-corrected chi connectivity index (χ0v) is 18.2. The number of aromatic nitrogens is 1. The Morgan fingerprint density at radius 1 is 1.16 bits per heavy atom. The maximum atomic E-state index is 13.3. The van der Waals surface area contributed by atoms with Gasteiger partial charge in [-0.05, 0) is 43.7 Å². The van der Waals surface area contributed by atoms with Crippen LogP contribution in [0.15, 0.2) is 47.3 Å². The Labute approximate surface area is 183 Å². The Kier molecular flexibility index (Phi) is 6.39. The third-order valence-corrected chi connectivity index (χ3v) is 6.59. The summed E-state index contributed by atoms with van der Waals surface area (Å²) in [5.74, 6) is -0.588. The van der Waals surface area contributed by atoms with Crippen LogP contribution in [-0.2, 0) is 11.3 Å². The van der Waals surface area contributed by atoms with E-state index < -0.39 is 0 Å². The average Bonchev–Trinajstić information content (AvgIpc) is 2.99. The van der Waals surface area contributed by atoms with Crippen LogP contribution in [-0.4, -0.2) is 46.2 Å². The summed E-state index contributed by atoms with van der Waals surface area (Å²) in [5.41, 5.74) is 2.50. The third kappa shape index (κ3) is 3.86. The highest BCUT2D eigenvalue weighted by Crippen LogP contribution is 2.48. The number of rotatable bonds is 7. The van der Waals surface area contributed by atoms with Crippen LogP contribution in [0.3, 0.4) is 0 Å². The lowest BCUT2D eigenvalue weighted by atomic mass is 9.86. The minimum absolute atomic E-state index is 0.0268. The van der Waals surface area contributed by atoms with Gasteiger partial charge in [0.05, 0.1) is 12.0 Å². The van der Waals surface area contributed by atoms with Gasteiger partial charge in [0.15, 0.2) is 0 Å². The van der Waals surface area contributed by atoms with E-state index >= 15 is 0 Å². The minimum atomic E-state index is -0.361. The minimum Gasteiger partial charge on any atom is -0.396 e. The molecule has 2 aromatic rings. The lowest BCUT2D eigenvalue weighted by Crippen LogP contribution is -2.47. The molecule has 1 saturated heterocycles. The van der Waals surface area contributed by atoms with Crippen molar-refractivity contribution >= 4 is 18.1 Å². The van der Waals surface area contributed by atoms with Gasteiger partial charge in [0.25, 0.3) is 5.56 Å². The van der Waals surface area contributed by atoms with E-state index in [0.717, 1.165) is 24.2 Å². The molecule has 0 spiro atoms. The van der Waals surface area contributed by atoms with E-state index in [9.17, 15) is 14.7 Å². The second-order valence-electron chi connectivity index (χ2n) is 8.39. The highest BCUT2D eigenvalue weighted by molar-refractivity contribution is 5.80. The van der Waals surface area contributed by atoms with Gasteiger partial charge in [-0.25, -0.2) is 0 Å². The SMILES string of the molecule is CCCN1[C@@H]2Cn3c(ccc(C=Cc4ccccc4)c3=O)[C@H]1[C@@H](C(=O)NCC)[C@@H]2CO. The molecule has 3 heterocycles. The molecule has 31 heavy (non-hydrogen) atoms. The topological polar surface area (TPSA) is 74.6 Å². The molecule has 1 aromatic carbocycles. The predicted molar refractivity (Wildman–Crippen MR) is 122 cm³/mol. The van der Waals surface area contributed by atoms with Crippen LogP contribution in [0.1, 0.15) is 43.1 Å². The van der Waals surface area contributed by atoms with Crippen molar-refractivity contribution < 1.29 is 9.90 Å². The first-order valence-electron chi connectivity index (χ1n) is 11.2. The van der Waals surface area contributed by atoms with Crippen LogP contribution < -0.4 is 10.9 Å². The van der Waals surface area contributed by atoms with Gasteiger partial charge in [-0.1, -0.05) is 43.3 Å². The van der Waals surface area contributed by atoms with Gasteiger partial charge < -0.3 is 15.0 Å². The molecule has 1 amide bonds. The number of aliphatic hydroxyl groups excluding tert-OH is 1. The largest absolute Gasteiger partial charge is 0.396 e. The Hall–Kier alpha value is -2.70. The fraction of sp³-hybridized carbons (Fsp3) is 0.440. The lowest BCUT2D eigenvalue weighted by Gasteiger charge is -2.38. The summed E-state index contributed by atoms with van der Waals surface area (Å²) in [7, 11) is 0. The van der Waals surface area contributed by atoms with Crippen LogP contribution in [0.5, 0.6) is 0 Å². The van der Waals surface area contributed by atoms with Crippen molar-refractivity contribution in [3.8, 4) is 0 Å². The molecule has 0 radical (unpaired) electrons. The summed E-state index contributed by atoms with van der Waals surface area (Å²) < 4.78 is 1.83. The summed E-state index contributed by atoms with van der Waals surface area (Å²) in [6, 6.07) is 13.5. The first-order valence-corrected chi connectivity index (χ1v) is 11.2. The maximum absolute atomic E-state index is 13.3. The highest BCUT2D eigenvalue weighted by Gasteiger charge is 2.55. The van der Waals surface area contributed by atoms with Crippen LogP contribution in [0.4, 0.5) is 0 Å². The van der Waals surface area contributed by atoms with Crippen LogP contribution in [0.2, 0.25) is 0 Å². The van der Waals surface area contributed by atoms with Crippen LogP contribution in [0, 0.1) is 11.8 Å². The van der Waals surface area contributed by atoms with Gasteiger partial charge >= 0.3 is 0 Å². The second-order valence-corrected chi connectivity index (χ2v) is 8.39. The van der Waals surface area contributed by atoms with Gasteiger partial charge in [0.1, 0.15) is 0 Å². The normalized spacial score (nSPS) is 25.0. The molecule has 1 fully saturated rings. The molecule has 2 N–H and O–H groups in total. The molecular weight excluding hydrogens is 390 g/mol. The van der Waals surface area contributed by atoms with Gasteiger partial charge in [-0.15, -0.1) is 0 Å². The first kappa shape index (κ1) is 21.5. The number of fused-ring (bicyclic) bond motifs is 4. The van der Waals surface area contributed by atoms with Crippen molar-refractivity contribution in [2.24, 2.45) is 11.8 Å². The number of nitrogens with zero attached hydrogens (tertiary/aromatic N) is 2. The standard InChI is InChI=1S/C25H31N3O3/c1-3-14-27-21-15-28-20(23(27)22(19(21)16-29)24(30)26-4-2)13-12-18(25(28)31)11-10-17-8-6-5-7-9-17/h5-13,19,21-23,29H,3-4,14-16H2,1-2H3,(H,26,30)/t19-,21-,22+,23+/m1/s1. The molecule has 4 rings (SSSR count). The van der Waals surface area contributed by atoms with Crippen molar-refractivity contribution in [3.05, 3.63) is 69.6 Å². The maximum Gasteiger partial charge on any atom is 0.258 e. The van der Waals surface area contributed by atoms with Crippen LogP contribution in [0.25, 0.3) is 12.2 Å². The van der Waals surface area contributed by atoms with Gasteiger partial charge in [0.2, 0.25) is 5.91 Å². The summed E-state index contributed by atoms with van der Waals surface area (Å²) in [4.78, 5) is 28.7. The van der Waals surface area contributed by atoms with E-state index in [1.54, 1.807) is 0 Å². The number of hydrogen-bond acceptors (Lipinski definition) is 4. The highest BCUT2D eigenvalue weighted by atomic mass is 16.3. The quantitative estimate of drug-likeness (QED) is 0.721. The van der Waals surface area contributed by atoms with E-state index in [2.05, 4.69) is 17.1 Å². The summed E-state index contributed by atoms with van der Waals surface area (Å²) in [6.45, 7) is 5.85. The van der Waals surface area contributed by atoms with Crippen molar-refractivity contribution in [2.45, 2.75) is 38.9 Å². The van der Waals surface area contributed by atoms with Gasteiger partial charge in [-0.2, -0.15) is 0 Å². The summed E-state index contributed by atoms with van der Waals surface area (Å²) in [5, 5.41) is 13.1. The molecule has 0 unspecified atom stereocenters. The third-order valence-electron chi connectivity index (χ3n) is 6.59. The second kappa shape index (κ2) is 9.20. The molecule has 0 saturated carbocycles. The molecule has 6 heteroatoms. The molecule has 0 aliphatic carbocycles. The number of aliphatic hydroxyl groups is 1. The Balaban J connectivity index is 1.75. The van der Waals surface area contributed by atoms with E-state index in [1.807, 2.05) is 66.1 Å². The number of hydrogen-bond donors (Lipinski definition) is 2. The molecule has 1 aromatic heterocycles. The zero-order chi connectivity index (χ0) is 22.0. The molecular formula is C25H31N3O3. The van der Waals surface area contributed by atoms with Crippen molar-refractivity contribution in [3.63, 3.8) is 0 Å². The predicted octanol–water partition coefficient (Wildman–Crippen LogP) is 2.53. The summed E-state index contributed by atoms with van der Waals surface area (Å²) in [6.07, 6.45) is 4.75. The molecule has 6 nitrogen and oxygen atoms in total. The molecule has 2 aliphatic heterocycles. The smallest absolute Gasteiger partial charge is 0.258 e. The Morgan fingerprint density at radius 2 is 1.94 bits per heavy atom. The van der Waals surface area contributed by atoms with Crippen molar-refractivity contribution in [1.29, 1.82) is 0 Å². The molecule has 2 aliphatic rings. The number of carbonyl (C=O) groups excluding carboxylic acids is 1. The van der Waals surface area contributed by atoms with Crippen molar-refractivity contribution in [2.75, 3.05) is 19.7 Å². The fourth-order valence-electron chi connectivity index (χ4n) is 5.27. The first-order chi connectivity index (χ1) is 15.1. The average molecular weight is 422 g/mol. The van der Waals surface area contributed by atoms with Gasteiger partial charge in [-0.3, -0.25) is 14.5 Å². The van der Waals surface area contributed by atoms with Crippen LogP contribution >= 0.6 is 0 Å². The van der Waals surface area contributed by atoms with E-state index in [-0.39, 0.29) is 42.0 Å². The van der Waals surface area contributed by atoms with E-state index in [0.29, 0.717) is 18.7 Å². The lowest BCUT2D eigenvalue weighted by molar-refractivity contribution is -0.127. The van der Waals surface area contributed by atoms with E-state index in [4.69, 9.17) is 0 Å². The monoisotopic (exact) mass is 421 g/mol.